The summed E-state index contributed by atoms with van der Waals surface area (Å²) >= 11 is 0. The summed E-state index contributed by atoms with van der Waals surface area (Å²) in [5.41, 5.74) is 9.81. The quantitative estimate of drug-likeness (QED) is 0.819. The van der Waals surface area contributed by atoms with Crippen molar-refractivity contribution in [2.24, 2.45) is 5.73 Å². The van der Waals surface area contributed by atoms with Crippen LogP contribution >= 0.6 is 0 Å². The van der Waals surface area contributed by atoms with E-state index in [-0.39, 0.29) is 0 Å². The van der Waals surface area contributed by atoms with Gasteiger partial charge in [0.2, 0.25) is 0 Å². The molecule has 2 heteroatoms. The Morgan fingerprint density at radius 3 is 2.29 bits per heavy atom. The van der Waals surface area contributed by atoms with Crippen LogP contribution in [0.3, 0.4) is 0 Å². The predicted octanol–water partition coefficient (Wildman–Crippen LogP) is 3.16. The lowest BCUT2D eigenvalue weighted by molar-refractivity contribution is 0.813. The lowest BCUT2D eigenvalue weighted by Gasteiger charge is -2.26. The largest absolute Gasteiger partial charge is 0.372 e. The Balaban J connectivity index is 3.14. The summed E-state index contributed by atoms with van der Waals surface area (Å²) in [5.74, 6) is 0.567. The average Bonchev–Trinajstić information content (AvgIpc) is 2.31. The predicted molar refractivity (Wildman–Crippen MR) is 76.9 cm³/mol. The van der Waals surface area contributed by atoms with Gasteiger partial charge in [-0.15, -0.1) is 0 Å². The van der Waals surface area contributed by atoms with Crippen molar-refractivity contribution in [1.82, 2.24) is 0 Å². The molecule has 1 aromatic carbocycles. The Labute approximate surface area is 106 Å². The van der Waals surface area contributed by atoms with Crippen LogP contribution in [0.25, 0.3) is 0 Å². The second kappa shape index (κ2) is 6.65. The number of nitrogens with two attached hydrogens (primary N) is 1. The van der Waals surface area contributed by atoms with E-state index in [1.54, 1.807) is 0 Å². The van der Waals surface area contributed by atoms with Gasteiger partial charge in [0, 0.05) is 18.8 Å². The molecule has 2 nitrogen and oxygen atoms in total. The van der Waals surface area contributed by atoms with Crippen molar-refractivity contribution in [2.45, 2.75) is 40.0 Å². The summed E-state index contributed by atoms with van der Waals surface area (Å²) in [6, 6.07) is 6.80. The highest BCUT2D eigenvalue weighted by molar-refractivity contribution is 5.56. The fourth-order valence-corrected chi connectivity index (χ4v) is 2.24. The van der Waals surface area contributed by atoms with Crippen molar-refractivity contribution in [1.29, 1.82) is 0 Å². The molecule has 2 N–H and O–H groups in total. The second-order valence-electron chi connectivity index (χ2n) is 4.76. The molecular formula is C15H26N2. The summed E-state index contributed by atoms with van der Waals surface area (Å²) < 4.78 is 0. The van der Waals surface area contributed by atoms with Gasteiger partial charge in [-0.05, 0) is 49.9 Å². The van der Waals surface area contributed by atoms with E-state index >= 15 is 0 Å². The van der Waals surface area contributed by atoms with Crippen LogP contribution in [0.5, 0.6) is 0 Å². The van der Waals surface area contributed by atoms with E-state index in [4.69, 9.17) is 5.73 Å². The van der Waals surface area contributed by atoms with Crippen LogP contribution in [0.1, 0.15) is 44.7 Å². The summed E-state index contributed by atoms with van der Waals surface area (Å²) in [6.45, 7) is 11.8. The topological polar surface area (TPSA) is 29.3 Å². The molecule has 0 aliphatic heterocycles. The smallest absolute Gasteiger partial charge is 0.0403 e. The van der Waals surface area contributed by atoms with Crippen LogP contribution in [0, 0.1) is 0 Å². The van der Waals surface area contributed by atoms with Gasteiger partial charge in [0.05, 0.1) is 0 Å². The van der Waals surface area contributed by atoms with Gasteiger partial charge in [0.1, 0.15) is 0 Å². The Morgan fingerprint density at radius 1 is 1.18 bits per heavy atom. The second-order valence-corrected chi connectivity index (χ2v) is 4.76. The molecule has 0 heterocycles. The molecule has 0 saturated heterocycles. The standard InChI is InChI=1S/C15H26N2/c1-5-17(6-2)15-11-13(9-10-16)7-8-14(15)12(3)4/h7-8,11-12H,5-6,9-10,16H2,1-4H3. The van der Waals surface area contributed by atoms with Crippen molar-refractivity contribution >= 4 is 5.69 Å². The molecule has 1 aromatic rings. The van der Waals surface area contributed by atoms with Gasteiger partial charge >= 0.3 is 0 Å². The maximum absolute atomic E-state index is 5.64. The molecule has 0 unspecified atom stereocenters. The van der Waals surface area contributed by atoms with Crippen molar-refractivity contribution in [3.63, 3.8) is 0 Å². The third-order valence-electron chi connectivity index (χ3n) is 3.25. The minimum atomic E-state index is 0.567. The van der Waals surface area contributed by atoms with E-state index in [1.165, 1.54) is 16.8 Å². The Bertz CT molecular complexity index is 341. The molecule has 0 bridgehead atoms. The zero-order valence-electron chi connectivity index (χ0n) is 11.7. The molecule has 1 rings (SSSR count). The van der Waals surface area contributed by atoms with E-state index in [0.29, 0.717) is 5.92 Å². The summed E-state index contributed by atoms with van der Waals surface area (Å²) in [7, 11) is 0. The van der Waals surface area contributed by atoms with Crippen LogP contribution in [-0.4, -0.2) is 19.6 Å². The number of hydrogen-bond acceptors (Lipinski definition) is 2. The van der Waals surface area contributed by atoms with Gasteiger partial charge in [0.25, 0.3) is 0 Å². The van der Waals surface area contributed by atoms with Crippen LogP contribution in [0.15, 0.2) is 18.2 Å². The van der Waals surface area contributed by atoms with Crippen LogP contribution in [0.4, 0.5) is 5.69 Å². The van der Waals surface area contributed by atoms with Gasteiger partial charge in [0.15, 0.2) is 0 Å². The molecule has 0 aliphatic rings. The zero-order valence-corrected chi connectivity index (χ0v) is 11.7. The third kappa shape index (κ3) is 3.47. The molecule has 0 radical (unpaired) electrons. The molecule has 0 amide bonds. The molecule has 17 heavy (non-hydrogen) atoms. The van der Waals surface area contributed by atoms with Gasteiger partial charge < -0.3 is 10.6 Å². The molecule has 0 spiro atoms. The minimum absolute atomic E-state index is 0.567. The molecule has 0 aliphatic carbocycles. The van der Waals surface area contributed by atoms with Crippen molar-refractivity contribution < 1.29 is 0 Å². The van der Waals surface area contributed by atoms with E-state index < -0.39 is 0 Å². The number of anilines is 1. The van der Waals surface area contributed by atoms with Crippen molar-refractivity contribution in [3.05, 3.63) is 29.3 Å². The summed E-state index contributed by atoms with van der Waals surface area (Å²) in [4.78, 5) is 2.43. The molecule has 0 fully saturated rings. The maximum atomic E-state index is 5.64. The fraction of sp³-hybridized carbons (Fsp3) is 0.600. The Morgan fingerprint density at radius 2 is 1.82 bits per heavy atom. The van der Waals surface area contributed by atoms with Crippen molar-refractivity contribution in [2.75, 3.05) is 24.5 Å². The fourth-order valence-electron chi connectivity index (χ4n) is 2.24. The lowest BCUT2D eigenvalue weighted by Crippen LogP contribution is -2.23. The van der Waals surface area contributed by atoms with Crippen LogP contribution in [-0.2, 0) is 6.42 Å². The van der Waals surface area contributed by atoms with E-state index in [1.807, 2.05) is 0 Å². The van der Waals surface area contributed by atoms with Crippen LogP contribution < -0.4 is 10.6 Å². The highest BCUT2D eigenvalue weighted by Gasteiger charge is 2.11. The van der Waals surface area contributed by atoms with Crippen LogP contribution in [0.2, 0.25) is 0 Å². The Kier molecular flexibility index (Phi) is 5.49. The average molecular weight is 234 g/mol. The van der Waals surface area contributed by atoms with E-state index in [0.717, 1.165) is 26.1 Å². The number of nitrogens with zero attached hydrogens (tertiary/aromatic N) is 1. The maximum Gasteiger partial charge on any atom is 0.0403 e. The first-order valence-electron chi connectivity index (χ1n) is 6.71. The first-order chi connectivity index (χ1) is 8.13. The molecule has 0 atom stereocenters. The first-order valence-corrected chi connectivity index (χ1v) is 6.71. The van der Waals surface area contributed by atoms with Gasteiger partial charge in [-0.1, -0.05) is 26.0 Å². The van der Waals surface area contributed by atoms with E-state index in [9.17, 15) is 0 Å². The summed E-state index contributed by atoms with van der Waals surface area (Å²) in [6.07, 6.45) is 0.965. The van der Waals surface area contributed by atoms with Gasteiger partial charge in [-0.3, -0.25) is 0 Å². The lowest BCUT2D eigenvalue weighted by atomic mass is 9.97. The minimum Gasteiger partial charge on any atom is -0.372 e. The van der Waals surface area contributed by atoms with Gasteiger partial charge in [-0.25, -0.2) is 0 Å². The van der Waals surface area contributed by atoms with Crippen molar-refractivity contribution in [3.8, 4) is 0 Å². The molecule has 0 aromatic heterocycles. The number of benzene rings is 1. The first kappa shape index (κ1) is 14.0. The zero-order chi connectivity index (χ0) is 12.8. The third-order valence-corrected chi connectivity index (χ3v) is 3.25. The molecular weight excluding hydrogens is 208 g/mol. The van der Waals surface area contributed by atoms with E-state index in [2.05, 4.69) is 50.8 Å². The number of hydrogen-bond donors (Lipinski definition) is 1. The SMILES string of the molecule is CCN(CC)c1cc(CCN)ccc1C(C)C. The summed E-state index contributed by atoms with van der Waals surface area (Å²) in [5, 5.41) is 0. The normalized spacial score (nSPS) is 10.9. The molecule has 96 valence electrons. The monoisotopic (exact) mass is 234 g/mol. The Hall–Kier alpha value is -1.02. The highest BCUT2D eigenvalue weighted by atomic mass is 15.1. The highest BCUT2D eigenvalue weighted by Crippen LogP contribution is 2.28. The molecule has 0 saturated carbocycles. The number of rotatable bonds is 6. The van der Waals surface area contributed by atoms with Gasteiger partial charge in [-0.2, -0.15) is 0 Å².